The van der Waals surface area contributed by atoms with Crippen molar-refractivity contribution in [3.63, 3.8) is 0 Å². The number of benzene rings is 2. The molecule has 0 aliphatic carbocycles. The number of carbonyl (C=O) groups is 6. The summed E-state index contributed by atoms with van der Waals surface area (Å²) in [4.78, 5) is 74.2. The van der Waals surface area contributed by atoms with Crippen LogP contribution in [0.1, 0.15) is 60.7 Å². The van der Waals surface area contributed by atoms with E-state index in [1.54, 1.807) is 45.0 Å². The standard InChI is InChI=1S/C31H37ClN6O7S/c1-31(2,3)45-30(44)34-15-26(40)35-17-46-11-10-19-5-6-21(13-23(19)32)36-29(43)33-14-18-4-7-22-20(12-18)16-38(28(22)42)24-8-9-25(39)37-27(24)41/h4-7,12-13,24H,8-11,14-17H2,1-3H3,(H,34,44)(H,35,40)(H2,33,36,43)(H,37,39,41). The van der Waals surface area contributed by atoms with Crippen LogP contribution in [0, 0.1) is 0 Å². The quantitative estimate of drug-likeness (QED) is 0.137. The summed E-state index contributed by atoms with van der Waals surface area (Å²) in [6.07, 6.45) is 0.470. The van der Waals surface area contributed by atoms with E-state index in [-0.39, 0.29) is 43.8 Å². The minimum absolute atomic E-state index is 0.178. The number of imide groups is 1. The van der Waals surface area contributed by atoms with Crippen molar-refractivity contribution in [2.45, 2.75) is 64.8 Å². The number of nitrogens with zero attached hydrogens (tertiary/aromatic N) is 1. The van der Waals surface area contributed by atoms with Gasteiger partial charge in [0.1, 0.15) is 18.2 Å². The van der Waals surface area contributed by atoms with E-state index in [1.807, 2.05) is 12.1 Å². The number of alkyl carbamates (subject to hydrolysis) is 1. The van der Waals surface area contributed by atoms with E-state index < -0.39 is 29.7 Å². The molecule has 15 heteroatoms. The number of nitrogens with one attached hydrogen (secondary N) is 5. The number of rotatable bonds is 11. The maximum Gasteiger partial charge on any atom is 0.408 e. The summed E-state index contributed by atoms with van der Waals surface area (Å²) < 4.78 is 5.09. The lowest BCUT2D eigenvalue weighted by Gasteiger charge is -2.29. The fourth-order valence-corrected chi connectivity index (χ4v) is 5.88. The van der Waals surface area contributed by atoms with Gasteiger partial charge in [-0.1, -0.05) is 29.8 Å². The molecule has 0 saturated carbocycles. The fraction of sp³-hybridized carbons (Fsp3) is 0.419. The van der Waals surface area contributed by atoms with Gasteiger partial charge in [0.05, 0.1) is 5.88 Å². The van der Waals surface area contributed by atoms with Crippen LogP contribution in [0.2, 0.25) is 5.02 Å². The van der Waals surface area contributed by atoms with Crippen LogP contribution in [-0.4, -0.2) is 70.5 Å². The highest BCUT2D eigenvalue weighted by Gasteiger charge is 2.39. The van der Waals surface area contributed by atoms with Gasteiger partial charge in [-0.3, -0.25) is 24.5 Å². The Morgan fingerprint density at radius 1 is 1.07 bits per heavy atom. The molecule has 0 spiro atoms. The molecule has 5 N–H and O–H groups in total. The van der Waals surface area contributed by atoms with Gasteiger partial charge in [-0.2, -0.15) is 0 Å². The molecule has 2 aliphatic rings. The van der Waals surface area contributed by atoms with Crippen molar-refractivity contribution in [3.8, 4) is 0 Å². The highest BCUT2D eigenvalue weighted by atomic mass is 35.5. The van der Waals surface area contributed by atoms with Gasteiger partial charge in [0.2, 0.25) is 17.7 Å². The zero-order chi connectivity index (χ0) is 33.4. The van der Waals surface area contributed by atoms with E-state index in [1.165, 1.54) is 16.7 Å². The molecular weight excluding hydrogens is 636 g/mol. The number of ether oxygens (including phenoxy) is 1. The monoisotopic (exact) mass is 672 g/mol. The molecule has 46 heavy (non-hydrogen) atoms. The van der Waals surface area contributed by atoms with E-state index in [0.717, 1.165) is 16.7 Å². The average molecular weight is 673 g/mol. The molecule has 0 bridgehead atoms. The van der Waals surface area contributed by atoms with Crippen LogP contribution in [0.3, 0.4) is 0 Å². The third kappa shape index (κ3) is 9.85. The number of hydrogen-bond donors (Lipinski definition) is 5. The number of fused-ring (bicyclic) bond motifs is 1. The Morgan fingerprint density at radius 3 is 2.57 bits per heavy atom. The first kappa shape index (κ1) is 34.6. The second-order valence-electron chi connectivity index (χ2n) is 11.8. The van der Waals surface area contributed by atoms with Crippen molar-refractivity contribution >= 4 is 64.8 Å². The first-order valence-electron chi connectivity index (χ1n) is 14.7. The molecular formula is C31H37ClN6O7S. The highest BCUT2D eigenvalue weighted by Crippen LogP contribution is 2.28. The summed E-state index contributed by atoms with van der Waals surface area (Å²) in [5.41, 5.74) is 2.81. The number of carbonyl (C=O) groups excluding carboxylic acids is 6. The first-order chi connectivity index (χ1) is 21.8. The maximum atomic E-state index is 12.9. The molecule has 2 aromatic rings. The summed E-state index contributed by atoms with van der Waals surface area (Å²) >= 11 is 7.94. The van der Waals surface area contributed by atoms with Gasteiger partial charge < -0.3 is 30.9 Å². The van der Waals surface area contributed by atoms with E-state index in [4.69, 9.17) is 16.3 Å². The van der Waals surface area contributed by atoms with E-state index >= 15 is 0 Å². The molecule has 0 radical (unpaired) electrons. The van der Waals surface area contributed by atoms with Gasteiger partial charge in [0, 0.05) is 35.8 Å². The van der Waals surface area contributed by atoms with Crippen molar-refractivity contribution < 1.29 is 33.5 Å². The highest BCUT2D eigenvalue weighted by molar-refractivity contribution is 7.99. The minimum atomic E-state index is -0.684. The minimum Gasteiger partial charge on any atom is -0.444 e. The number of thioether (sulfide) groups is 1. The average Bonchev–Trinajstić information content (AvgIpc) is 3.30. The Bertz CT molecular complexity index is 1530. The lowest BCUT2D eigenvalue weighted by molar-refractivity contribution is -0.137. The molecule has 7 amide bonds. The molecule has 1 unspecified atom stereocenters. The summed E-state index contributed by atoms with van der Waals surface area (Å²) in [5, 5.41) is 13.5. The number of urea groups is 1. The van der Waals surface area contributed by atoms with Crippen LogP contribution in [0.4, 0.5) is 15.3 Å². The maximum absolute atomic E-state index is 12.9. The predicted molar refractivity (Wildman–Crippen MR) is 173 cm³/mol. The molecule has 2 aliphatic heterocycles. The van der Waals surface area contributed by atoms with Crippen molar-refractivity contribution in [2.24, 2.45) is 0 Å². The summed E-state index contributed by atoms with van der Waals surface area (Å²) in [6.45, 7) is 5.51. The van der Waals surface area contributed by atoms with Crippen LogP contribution in [0.25, 0.3) is 0 Å². The van der Waals surface area contributed by atoms with Crippen LogP contribution in [0.15, 0.2) is 36.4 Å². The number of anilines is 1. The lowest BCUT2D eigenvalue weighted by atomic mass is 10.0. The van der Waals surface area contributed by atoms with Gasteiger partial charge in [-0.15, -0.1) is 11.8 Å². The number of halogens is 1. The van der Waals surface area contributed by atoms with Crippen molar-refractivity contribution in [3.05, 3.63) is 63.7 Å². The first-order valence-corrected chi connectivity index (χ1v) is 16.2. The second kappa shape index (κ2) is 15.3. The van der Waals surface area contributed by atoms with Crippen LogP contribution >= 0.6 is 23.4 Å². The fourth-order valence-electron chi connectivity index (χ4n) is 4.84. The van der Waals surface area contributed by atoms with E-state index in [2.05, 4.69) is 26.6 Å². The number of piperidine rings is 1. The molecule has 13 nitrogen and oxygen atoms in total. The van der Waals surface area contributed by atoms with Crippen LogP contribution in [0.5, 0.6) is 0 Å². The van der Waals surface area contributed by atoms with Gasteiger partial charge in [-0.25, -0.2) is 9.59 Å². The smallest absolute Gasteiger partial charge is 0.408 e. The van der Waals surface area contributed by atoms with E-state index in [9.17, 15) is 28.8 Å². The predicted octanol–water partition coefficient (Wildman–Crippen LogP) is 3.30. The Labute approximate surface area is 275 Å². The SMILES string of the molecule is CC(C)(C)OC(=O)NCC(=O)NCSCCc1ccc(NC(=O)NCc2ccc3c(c2)CN(C2CCC(=O)NC2=O)C3=O)cc1Cl. The van der Waals surface area contributed by atoms with Crippen molar-refractivity contribution in [1.82, 2.24) is 26.2 Å². The Morgan fingerprint density at radius 2 is 1.85 bits per heavy atom. The van der Waals surface area contributed by atoms with Crippen molar-refractivity contribution in [2.75, 3.05) is 23.5 Å². The molecule has 2 aromatic carbocycles. The van der Waals surface area contributed by atoms with Gasteiger partial charge in [-0.05, 0) is 74.3 Å². The number of amides is 7. The summed E-state index contributed by atoms with van der Waals surface area (Å²) in [6, 6.07) is 9.39. The van der Waals surface area contributed by atoms with Gasteiger partial charge >= 0.3 is 12.1 Å². The topological polar surface area (TPSA) is 175 Å². The third-order valence-corrected chi connectivity index (χ3v) is 8.22. The zero-order valence-corrected chi connectivity index (χ0v) is 27.4. The van der Waals surface area contributed by atoms with Gasteiger partial charge in [0.15, 0.2) is 0 Å². The van der Waals surface area contributed by atoms with Crippen LogP contribution < -0.4 is 26.6 Å². The Hall–Kier alpha value is -4.30. The van der Waals surface area contributed by atoms with Gasteiger partial charge in [0.25, 0.3) is 5.91 Å². The second-order valence-corrected chi connectivity index (χ2v) is 13.3. The lowest BCUT2D eigenvalue weighted by Crippen LogP contribution is -2.52. The molecule has 2 heterocycles. The van der Waals surface area contributed by atoms with Crippen molar-refractivity contribution in [1.29, 1.82) is 0 Å². The Kier molecular flexibility index (Phi) is 11.5. The van der Waals surface area contributed by atoms with Crippen LogP contribution in [-0.2, 0) is 38.6 Å². The summed E-state index contributed by atoms with van der Waals surface area (Å²) in [5.74, 6) is -0.325. The molecule has 246 valence electrons. The molecule has 4 rings (SSSR count). The molecule has 1 saturated heterocycles. The molecule has 1 atom stereocenters. The third-order valence-electron chi connectivity index (χ3n) is 7.03. The summed E-state index contributed by atoms with van der Waals surface area (Å²) in [7, 11) is 0. The Balaban J connectivity index is 1.16. The molecule has 0 aromatic heterocycles. The van der Waals surface area contributed by atoms with E-state index in [0.29, 0.717) is 40.7 Å². The normalized spacial score (nSPS) is 16.0. The largest absolute Gasteiger partial charge is 0.444 e. The molecule has 1 fully saturated rings. The zero-order valence-electron chi connectivity index (χ0n) is 25.8. The number of aryl methyl sites for hydroxylation is 1. The number of hydrogen-bond acceptors (Lipinski definition) is 8.